The highest BCUT2D eigenvalue weighted by molar-refractivity contribution is 5.96. The van der Waals surface area contributed by atoms with Crippen molar-refractivity contribution in [3.05, 3.63) is 29.8 Å². The molecule has 1 fully saturated rings. The standard InChI is InChI=1S/C13H14N2O4/c14-11(16)8-19-13(18)9-3-5-10(6-4-9)15-7-1-2-12(15)17/h3-6H,1-2,7-8H2,(H2,14,16). The van der Waals surface area contributed by atoms with Crippen LogP contribution >= 0.6 is 0 Å². The minimum Gasteiger partial charge on any atom is -0.452 e. The van der Waals surface area contributed by atoms with Crippen LogP contribution in [0, 0.1) is 0 Å². The van der Waals surface area contributed by atoms with E-state index in [2.05, 4.69) is 4.74 Å². The summed E-state index contributed by atoms with van der Waals surface area (Å²) >= 11 is 0. The lowest BCUT2D eigenvalue weighted by molar-refractivity contribution is -0.121. The van der Waals surface area contributed by atoms with Crippen LogP contribution in [-0.4, -0.2) is 30.9 Å². The average molecular weight is 262 g/mol. The molecule has 2 amide bonds. The molecule has 6 heteroatoms. The highest BCUT2D eigenvalue weighted by atomic mass is 16.5. The highest BCUT2D eigenvalue weighted by Gasteiger charge is 2.21. The van der Waals surface area contributed by atoms with E-state index in [-0.39, 0.29) is 5.91 Å². The summed E-state index contributed by atoms with van der Waals surface area (Å²) < 4.78 is 4.68. The van der Waals surface area contributed by atoms with E-state index in [4.69, 9.17) is 5.73 Å². The zero-order valence-corrected chi connectivity index (χ0v) is 10.3. The number of hydrogen-bond acceptors (Lipinski definition) is 4. The Balaban J connectivity index is 2.03. The number of anilines is 1. The highest BCUT2D eigenvalue weighted by Crippen LogP contribution is 2.21. The molecule has 0 aliphatic carbocycles. The molecule has 1 aromatic rings. The second kappa shape index (κ2) is 5.51. The van der Waals surface area contributed by atoms with Crippen molar-refractivity contribution in [2.45, 2.75) is 12.8 Å². The minimum absolute atomic E-state index is 0.0871. The summed E-state index contributed by atoms with van der Waals surface area (Å²) in [4.78, 5) is 35.3. The molecule has 0 radical (unpaired) electrons. The zero-order chi connectivity index (χ0) is 13.8. The van der Waals surface area contributed by atoms with Crippen LogP contribution in [0.2, 0.25) is 0 Å². The average Bonchev–Trinajstić information content (AvgIpc) is 2.82. The molecule has 0 atom stereocenters. The number of hydrogen-bond donors (Lipinski definition) is 1. The van der Waals surface area contributed by atoms with Gasteiger partial charge in [-0.15, -0.1) is 0 Å². The van der Waals surface area contributed by atoms with Gasteiger partial charge in [-0.3, -0.25) is 9.59 Å². The first-order chi connectivity index (χ1) is 9.08. The van der Waals surface area contributed by atoms with Crippen molar-refractivity contribution in [3.8, 4) is 0 Å². The molecule has 2 N–H and O–H groups in total. The second-order valence-electron chi connectivity index (χ2n) is 4.24. The summed E-state index contributed by atoms with van der Waals surface area (Å²) in [5.41, 5.74) is 5.96. The lowest BCUT2D eigenvalue weighted by Gasteiger charge is -2.15. The van der Waals surface area contributed by atoms with E-state index >= 15 is 0 Å². The lowest BCUT2D eigenvalue weighted by Crippen LogP contribution is -2.23. The van der Waals surface area contributed by atoms with E-state index in [1.807, 2.05) is 0 Å². The Morgan fingerprint density at radius 2 is 1.95 bits per heavy atom. The first kappa shape index (κ1) is 13.1. The predicted molar refractivity (Wildman–Crippen MR) is 67.5 cm³/mol. The van der Waals surface area contributed by atoms with Crippen molar-refractivity contribution in [2.24, 2.45) is 5.73 Å². The lowest BCUT2D eigenvalue weighted by atomic mass is 10.2. The van der Waals surface area contributed by atoms with E-state index in [0.717, 1.165) is 12.1 Å². The number of rotatable bonds is 4. The normalized spacial score (nSPS) is 14.5. The van der Waals surface area contributed by atoms with Crippen LogP contribution in [0.1, 0.15) is 23.2 Å². The molecule has 0 bridgehead atoms. The number of carbonyl (C=O) groups excluding carboxylic acids is 3. The molecule has 6 nitrogen and oxygen atoms in total. The van der Waals surface area contributed by atoms with Gasteiger partial charge in [-0.1, -0.05) is 0 Å². The molecular formula is C13H14N2O4. The Morgan fingerprint density at radius 1 is 1.26 bits per heavy atom. The van der Waals surface area contributed by atoms with Gasteiger partial charge in [0.05, 0.1) is 5.56 Å². The van der Waals surface area contributed by atoms with Crippen LogP contribution in [0.5, 0.6) is 0 Å². The van der Waals surface area contributed by atoms with Gasteiger partial charge in [-0.2, -0.15) is 0 Å². The van der Waals surface area contributed by atoms with Crippen molar-refractivity contribution in [1.29, 1.82) is 0 Å². The van der Waals surface area contributed by atoms with E-state index in [1.54, 1.807) is 29.2 Å². The van der Waals surface area contributed by atoms with Crippen molar-refractivity contribution >= 4 is 23.5 Å². The number of amides is 2. The van der Waals surface area contributed by atoms with Crippen molar-refractivity contribution in [3.63, 3.8) is 0 Å². The smallest absolute Gasteiger partial charge is 0.338 e. The number of primary amides is 1. The number of esters is 1. The molecule has 19 heavy (non-hydrogen) atoms. The van der Waals surface area contributed by atoms with Gasteiger partial charge in [0.15, 0.2) is 6.61 Å². The summed E-state index contributed by atoms with van der Waals surface area (Å²) in [6.45, 7) is 0.259. The molecule has 0 aromatic heterocycles. The maximum atomic E-state index is 11.6. The van der Waals surface area contributed by atoms with Gasteiger partial charge in [-0.25, -0.2) is 4.79 Å². The molecular weight excluding hydrogens is 248 g/mol. The fourth-order valence-corrected chi connectivity index (χ4v) is 1.92. The third-order valence-corrected chi connectivity index (χ3v) is 2.83. The quantitative estimate of drug-likeness (QED) is 0.798. The molecule has 0 saturated carbocycles. The van der Waals surface area contributed by atoms with Crippen molar-refractivity contribution in [2.75, 3.05) is 18.1 Å². The molecule has 0 spiro atoms. The van der Waals surface area contributed by atoms with Crippen LogP contribution in [-0.2, 0) is 14.3 Å². The number of nitrogens with two attached hydrogens (primary N) is 1. The molecule has 100 valence electrons. The van der Waals surface area contributed by atoms with E-state index in [9.17, 15) is 14.4 Å². The molecule has 1 heterocycles. The first-order valence-corrected chi connectivity index (χ1v) is 5.94. The molecule has 1 aliphatic heterocycles. The number of ether oxygens (including phenoxy) is 1. The van der Waals surface area contributed by atoms with Crippen LogP contribution in [0.25, 0.3) is 0 Å². The first-order valence-electron chi connectivity index (χ1n) is 5.94. The minimum atomic E-state index is -0.701. The molecule has 2 rings (SSSR count). The van der Waals surface area contributed by atoms with Crippen LogP contribution < -0.4 is 10.6 Å². The molecule has 1 saturated heterocycles. The van der Waals surface area contributed by atoms with Gasteiger partial charge >= 0.3 is 5.97 Å². The van der Waals surface area contributed by atoms with E-state index < -0.39 is 18.5 Å². The Labute approximate surface area is 110 Å². The summed E-state index contributed by atoms with van der Waals surface area (Å²) in [6, 6.07) is 6.49. The van der Waals surface area contributed by atoms with Gasteiger partial charge in [0.1, 0.15) is 0 Å². The maximum absolute atomic E-state index is 11.6. The molecule has 1 aromatic carbocycles. The van der Waals surface area contributed by atoms with E-state index in [0.29, 0.717) is 18.5 Å². The Bertz CT molecular complexity index is 510. The number of carbonyl (C=O) groups is 3. The molecule has 1 aliphatic rings. The second-order valence-corrected chi connectivity index (χ2v) is 4.24. The fraction of sp³-hybridized carbons (Fsp3) is 0.308. The topological polar surface area (TPSA) is 89.7 Å². The van der Waals surface area contributed by atoms with Crippen LogP contribution in [0.3, 0.4) is 0 Å². The Hall–Kier alpha value is -2.37. The number of nitrogens with zero attached hydrogens (tertiary/aromatic N) is 1. The summed E-state index contributed by atoms with van der Waals surface area (Å²) in [5.74, 6) is -1.23. The monoisotopic (exact) mass is 262 g/mol. The SMILES string of the molecule is NC(=O)COC(=O)c1ccc(N2CCCC2=O)cc1. The van der Waals surface area contributed by atoms with Crippen molar-refractivity contribution in [1.82, 2.24) is 0 Å². The largest absolute Gasteiger partial charge is 0.452 e. The van der Waals surface area contributed by atoms with Gasteiger partial charge in [-0.05, 0) is 30.7 Å². The third-order valence-electron chi connectivity index (χ3n) is 2.83. The van der Waals surface area contributed by atoms with Gasteiger partial charge < -0.3 is 15.4 Å². The predicted octanol–water partition coefficient (Wildman–Crippen LogP) is 0.455. The van der Waals surface area contributed by atoms with Crippen molar-refractivity contribution < 1.29 is 19.1 Å². The third kappa shape index (κ3) is 3.09. The van der Waals surface area contributed by atoms with Crippen LogP contribution in [0.15, 0.2) is 24.3 Å². The molecule has 0 unspecified atom stereocenters. The van der Waals surface area contributed by atoms with E-state index in [1.165, 1.54) is 0 Å². The summed E-state index contributed by atoms with van der Waals surface area (Å²) in [6.07, 6.45) is 1.41. The van der Waals surface area contributed by atoms with Gasteiger partial charge in [0.25, 0.3) is 5.91 Å². The Kier molecular flexibility index (Phi) is 3.79. The maximum Gasteiger partial charge on any atom is 0.338 e. The van der Waals surface area contributed by atoms with Crippen LogP contribution in [0.4, 0.5) is 5.69 Å². The fourth-order valence-electron chi connectivity index (χ4n) is 1.92. The number of benzene rings is 1. The Morgan fingerprint density at radius 3 is 2.47 bits per heavy atom. The summed E-state index contributed by atoms with van der Waals surface area (Å²) in [5, 5.41) is 0. The van der Waals surface area contributed by atoms with Gasteiger partial charge in [0, 0.05) is 18.7 Å². The zero-order valence-electron chi connectivity index (χ0n) is 10.3. The van der Waals surface area contributed by atoms with Gasteiger partial charge in [0.2, 0.25) is 5.91 Å². The summed E-state index contributed by atoms with van der Waals surface area (Å²) in [7, 11) is 0.